The molecule has 1 saturated heterocycles. The summed E-state index contributed by atoms with van der Waals surface area (Å²) in [7, 11) is 0. The molecule has 0 unspecified atom stereocenters. The SMILES string of the molecule is O=C1CN(C2CC2)C(=O)N1Cc1cc(F)ccc1Br. The van der Waals surface area contributed by atoms with E-state index in [1.165, 1.54) is 17.0 Å². The first-order valence-electron chi connectivity index (χ1n) is 6.11. The zero-order chi connectivity index (χ0) is 13.6. The van der Waals surface area contributed by atoms with Crippen molar-refractivity contribution in [3.63, 3.8) is 0 Å². The molecule has 3 rings (SSSR count). The maximum absolute atomic E-state index is 13.2. The van der Waals surface area contributed by atoms with Gasteiger partial charge in [-0.3, -0.25) is 9.69 Å². The van der Waals surface area contributed by atoms with Gasteiger partial charge in [0.15, 0.2) is 0 Å². The number of nitrogens with zero attached hydrogens (tertiary/aromatic N) is 2. The summed E-state index contributed by atoms with van der Waals surface area (Å²) in [6, 6.07) is 4.21. The van der Waals surface area contributed by atoms with Crippen LogP contribution in [-0.2, 0) is 11.3 Å². The van der Waals surface area contributed by atoms with Gasteiger partial charge < -0.3 is 4.90 Å². The van der Waals surface area contributed by atoms with Gasteiger partial charge in [-0.25, -0.2) is 9.18 Å². The van der Waals surface area contributed by atoms with Crippen LogP contribution in [0, 0.1) is 5.82 Å². The number of halogens is 2. The van der Waals surface area contributed by atoms with E-state index in [1.807, 2.05) is 0 Å². The third-order valence-electron chi connectivity index (χ3n) is 3.41. The minimum Gasteiger partial charge on any atom is -0.312 e. The van der Waals surface area contributed by atoms with Crippen molar-refractivity contribution < 1.29 is 14.0 Å². The minimum absolute atomic E-state index is 0.110. The molecule has 0 atom stereocenters. The standard InChI is InChI=1S/C13H12BrFN2O2/c14-11-4-1-9(15)5-8(11)6-17-12(18)7-16(13(17)19)10-2-3-10/h1,4-5,10H,2-3,6-7H2. The molecule has 1 heterocycles. The second-order valence-corrected chi connectivity index (χ2v) is 5.71. The van der Waals surface area contributed by atoms with Gasteiger partial charge in [0.25, 0.3) is 5.91 Å². The largest absolute Gasteiger partial charge is 0.327 e. The highest BCUT2D eigenvalue weighted by molar-refractivity contribution is 9.10. The van der Waals surface area contributed by atoms with E-state index >= 15 is 0 Å². The number of hydrogen-bond acceptors (Lipinski definition) is 2. The first-order chi connectivity index (χ1) is 9.06. The highest BCUT2D eigenvalue weighted by Gasteiger charge is 2.43. The minimum atomic E-state index is -0.378. The fourth-order valence-electron chi connectivity index (χ4n) is 2.22. The van der Waals surface area contributed by atoms with Crippen LogP contribution in [-0.4, -0.2) is 34.3 Å². The van der Waals surface area contributed by atoms with Crippen LogP contribution in [0.5, 0.6) is 0 Å². The maximum Gasteiger partial charge on any atom is 0.327 e. The molecule has 0 spiro atoms. The van der Waals surface area contributed by atoms with Crippen molar-refractivity contribution in [2.75, 3.05) is 6.54 Å². The third kappa shape index (κ3) is 2.36. The molecular weight excluding hydrogens is 315 g/mol. The summed E-state index contributed by atoms with van der Waals surface area (Å²) in [5.74, 6) is -0.593. The second kappa shape index (κ2) is 4.59. The van der Waals surface area contributed by atoms with Gasteiger partial charge in [0.05, 0.1) is 6.54 Å². The topological polar surface area (TPSA) is 40.6 Å². The second-order valence-electron chi connectivity index (χ2n) is 4.86. The fraction of sp³-hybridized carbons (Fsp3) is 0.385. The van der Waals surface area contributed by atoms with Gasteiger partial charge in [-0.15, -0.1) is 0 Å². The Balaban J connectivity index is 1.80. The van der Waals surface area contributed by atoms with Gasteiger partial charge in [0.2, 0.25) is 0 Å². The Morgan fingerprint density at radius 2 is 2.05 bits per heavy atom. The lowest BCUT2D eigenvalue weighted by Gasteiger charge is -2.17. The highest BCUT2D eigenvalue weighted by Crippen LogP contribution is 2.31. The fourth-order valence-corrected chi connectivity index (χ4v) is 2.59. The quantitative estimate of drug-likeness (QED) is 0.801. The molecule has 0 N–H and O–H groups in total. The summed E-state index contributed by atoms with van der Waals surface area (Å²) in [4.78, 5) is 26.8. The van der Waals surface area contributed by atoms with E-state index in [2.05, 4.69) is 15.9 Å². The summed E-state index contributed by atoms with van der Waals surface area (Å²) in [6.45, 7) is 0.260. The van der Waals surface area contributed by atoms with Crippen molar-refractivity contribution >= 4 is 27.9 Å². The van der Waals surface area contributed by atoms with Crippen molar-refractivity contribution in [3.05, 3.63) is 34.1 Å². The lowest BCUT2D eigenvalue weighted by atomic mass is 10.2. The molecule has 1 aromatic carbocycles. The molecule has 4 nitrogen and oxygen atoms in total. The average Bonchev–Trinajstić information content (AvgIpc) is 3.16. The normalized spacial score (nSPS) is 19.5. The van der Waals surface area contributed by atoms with E-state index in [9.17, 15) is 14.0 Å². The zero-order valence-electron chi connectivity index (χ0n) is 10.1. The number of carbonyl (C=O) groups is 2. The van der Waals surface area contributed by atoms with Crippen LogP contribution in [0.2, 0.25) is 0 Å². The molecule has 0 bridgehead atoms. The Bertz CT molecular complexity index is 560. The van der Waals surface area contributed by atoms with Crippen LogP contribution in [0.15, 0.2) is 22.7 Å². The van der Waals surface area contributed by atoms with Gasteiger partial charge in [-0.2, -0.15) is 0 Å². The van der Waals surface area contributed by atoms with Crippen molar-refractivity contribution in [2.45, 2.75) is 25.4 Å². The highest BCUT2D eigenvalue weighted by atomic mass is 79.9. The van der Waals surface area contributed by atoms with Crippen molar-refractivity contribution in [1.29, 1.82) is 0 Å². The lowest BCUT2D eigenvalue weighted by Crippen LogP contribution is -2.33. The Kier molecular flexibility index (Phi) is 3.05. The van der Waals surface area contributed by atoms with E-state index in [1.54, 1.807) is 11.0 Å². The van der Waals surface area contributed by atoms with Crippen LogP contribution >= 0.6 is 15.9 Å². The number of rotatable bonds is 3. The molecule has 0 aromatic heterocycles. The molecule has 1 aliphatic carbocycles. The molecule has 1 saturated carbocycles. The van der Waals surface area contributed by atoms with Gasteiger partial charge in [-0.1, -0.05) is 15.9 Å². The molecule has 1 aromatic rings. The lowest BCUT2D eigenvalue weighted by molar-refractivity contribution is -0.125. The van der Waals surface area contributed by atoms with E-state index in [0.717, 1.165) is 12.8 Å². The number of urea groups is 1. The van der Waals surface area contributed by atoms with Gasteiger partial charge in [-0.05, 0) is 36.6 Å². The number of imide groups is 1. The Morgan fingerprint density at radius 1 is 1.32 bits per heavy atom. The van der Waals surface area contributed by atoms with Crippen LogP contribution in [0.1, 0.15) is 18.4 Å². The molecule has 0 radical (unpaired) electrons. The van der Waals surface area contributed by atoms with E-state index in [0.29, 0.717) is 10.0 Å². The Labute approximate surface area is 118 Å². The van der Waals surface area contributed by atoms with Gasteiger partial charge in [0, 0.05) is 10.5 Å². The van der Waals surface area contributed by atoms with Crippen LogP contribution in [0.3, 0.4) is 0 Å². The number of carbonyl (C=O) groups excluding carboxylic acids is 2. The smallest absolute Gasteiger partial charge is 0.312 e. The number of hydrogen-bond donors (Lipinski definition) is 0. The summed E-state index contributed by atoms with van der Waals surface area (Å²) >= 11 is 3.30. The predicted molar refractivity (Wildman–Crippen MR) is 69.8 cm³/mol. The number of benzene rings is 1. The third-order valence-corrected chi connectivity index (χ3v) is 4.18. The van der Waals surface area contributed by atoms with Crippen molar-refractivity contribution in [3.8, 4) is 0 Å². The molecule has 19 heavy (non-hydrogen) atoms. The van der Waals surface area contributed by atoms with Crippen molar-refractivity contribution in [2.24, 2.45) is 0 Å². The molecule has 100 valence electrons. The molecular formula is C13H12BrFN2O2. The molecule has 3 amide bonds. The molecule has 1 aliphatic heterocycles. The average molecular weight is 327 g/mol. The van der Waals surface area contributed by atoms with Gasteiger partial charge >= 0.3 is 6.03 Å². The first-order valence-corrected chi connectivity index (χ1v) is 6.90. The Hall–Kier alpha value is -1.43. The van der Waals surface area contributed by atoms with Crippen molar-refractivity contribution in [1.82, 2.24) is 9.80 Å². The van der Waals surface area contributed by atoms with Crippen LogP contribution in [0.25, 0.3) is 0 Å². The molecule has 2 aliphatic rings. The van der Waals surface area contributed by atoms with E-state index in [-0.39, 0.29) is 36.9 Å². The zero-order valence-corrected chi connectivity index (χ0v) is 11.7. The van der Waals surface area contributed by atoms with Crippen LogP contribution in [0.4, 0.5) is 9.18 Å². The summed E-state index contributed by atoms with van der Waals surface area (Å²) in [5.41, 5.74) is 0.597. The summed E-state index contributed by atoms with van der Waals surface area (Å²) in [5, 5.41) is 0. The number of amides is 3. The Morgan fingerprint density at radius 3 is 2.74 bits per heavy atom. The first kappa shape index (κ1) is 12.6. The molecule has 2 fully saturated rings. The summed E-state index contributed by atoms with van der Waals surface area (Å²) in [6.07, 6.45) is 1.94. The molecule has 6 heteroatoms. The van der Waals surface area contributed by atoms with E-state index in [4.69, 9.17) is 0 Å². The van der Waals surface area contributed by atoms with Crippen LogP contribution < -0.4 is 0 Å². The predicted octanol–water partition coefficient (Wildman–Crippen LogP) is 2.51. The van der Waals surface area contributed by atoms with E-state index < -0.39 is 0 Å². The monoisotopic (exact) mass is 326 g/mol. The maximum atomic E-state index is 13.2. The van der Waals surface area contributed by atoms with Gasteiger partial charge in [0.1, 0.15) is 12.4 Å². The summed E-state index contributed by atoms with van der Waals surface area (Å²) < 4.78 is 13.9.